The van der Waals surface area contributed by atoms with Crippen LogP contribution in [0.3, 0.4) is 0 Å². The fourth-order valence-corrected chi connectivity index (χ4v) is 1.60. The normalized spacial score (nSPS) is 10.7. The molecule has 0 spiro atoms. The monoisotopic (exact) mass is 189 g/mol. The summed E-state index contributed by atoms with van der Waals surface area (Å²) in [7, 11) is 0. The van der Waals surface area contributed by atoms with Crippen molar-refractivity contribution < 1.29 is 9.90 Å². The minimum Gasteiger partial charge on any atom is -0.505 e. The summed E-state index contributed by atoms with van der Waals surface area (Å²) in [4.78, 5) is 14.1. The van der Waals surface area contributed by atoms with E-state index in [1.807, 2.05) is 19.1 Å². The number of nitrogens with one attached hydrogen (secondary N) is 1. The lowest BCUT2D eigenvalue weighted by Gasteiger charge is -1.93. The van der Waals surface area contributed by atoms with Gasteiger partial charge in [0.1, 0.15) is 5.69 Å². The van der Waals surface area contributed by atoms with E-state index in [2.05, 4.69) is 4.98 Å². The number of Topliss-reactive ketones (excluding diaryl/α,β-unsaturated/α-hetero) is 1. The van der Waals surface area contributed by atoms with E-state index in [-0.39, 0.29) is 17.2 Å². The number of aromatic nitrogens is 1. The predicted octanol–water partition coefficient (Wildman–Crippen LogP) is 2.38. The molecule has 0 aliphatic rings. The molecule has 1 aromatic heterocycles. The van der Waals surface area contributed by atoms with Gasteiger partial charge in [0, 0.05) is 12.3 Å². The molecule has 1 heterocycles. The Hall–Kier alpha value is -1.77. The fourth-order valence-electron chi connectivity index (χ4n) is 1.60. The Kier molecular flexibility index (Phi) is 1.81. The van der Waals surface area contributed by atoms with Gasteiger partial charge >= 0.3 is 0 Å². The summed E-state index contributed by atoms with van der Waals surface area (Å²) in [6, 6.07) is 5.58. The summed E-state index contributed by atoms with van der Waals surface area (Å²) in [5.74, 6) is -0.102. The molecule has 3 heteroatoms. The van der Waals surface area contributed by atoms with E-state index < -0.39 is 0 Å². The molecule has 72 valence electrons. The zero-order valence-corrected chi connectivity index (χ0v) is 8.09. The third kappa shape index (κ3) is 1.09. The number of hydrogen-bond donors (Lipinski definition) is 2. The first-order valence-corrected chi connectivity index (χ1v) is 4.42. The van der Waals surface area contributed by atoms with Gasteiger partial charge in [-0.2, -0.15) is 0 Å². The van der Waals surface area contributed by atoms with Crippen LogP contribution < -0.4 is 0 Å². The number of rotatable bonds is 1. The van der Waals surface area contributed by atoms with Crippen molar-refractivity contribution in [1.29, 1.82) is 0 Å². The quantitative estimate of drug-likeness (QED) is 0.677. The molecule has 0 amide bonds. The van der Waals surface area contributed by atoms with Crippen molar-refractivity contribution in [3.8, 4) is 5.75 Å². The number of aromatic hydroxyl groups is 1. The van der Waals surface area contributed by atoms with Crippen LogP contribution in [0, 0.1) is 6.92 Å². The Labute approximate surface area is 81.4 Å². The molecule has 0 saturated carbocycles. The van der Waals surface area contributed by atoms with Crippen LogP contribution in [0.2, 0.25) is 0 Å². The Morgan fingerprint density at radius 3 is 2.71 bits per heavy atom. The average Bonchev–Trinajstić information content (AvgIpc) is 2.46. The minimum absolute atomic E-state index is 0.0520. The molecule has 0 fully saturated rings. The topological polar surface area (TPSA) is 53.1 Å². The first-order valence-electron chi connectivity index (χ1n) is 4.42. The molecule has 2 aromatic rings. The van der Waals surface area contributed by atoms with Crippen LogP contribution in [0.25, 0.3) is 10.9 Å². The first-order chi connectivity index (χ1) is 6.61. The largest absolute Gasteiger partial charge is 0.505 e. The van der Waals surface area contributed by atoms with E-state index in [4.69, 9.17) is 0 Å². The van der Waals surface area contributed by atoms with Crippen molar-refractivity contribution in [1.82, 2.24) is 4.98 Å². The molecule has 0 bridgehead atoms. The highest BCUT2D eigenvalue weighted by Gasteiger charge is 2.14. The van der Waals surface area contributed by atoms with E-state index in [1.54, 1.807) is 6.07 Å². The van der Waals surface area contributed by atoms with Crippen molar-refractivity contribution in [2.75, 3.05) is 0 Å². The molecule has 3 nitrogen and oxygen atoms in total. The van der Waals surface area contributed by atoms with E-state index in [9.17, 15) is 9.90 Å². The maximum absolute atomic E-state index is 11.2. The summed E-state index contributed by atoms with van der Waals surface area (Å²) in [5, 5.41) is 10.4. The number of ketones is 1. The van der Waals surface area contributed by atoms with E-state index >= 15 is 0 Å². The fraction of sp³-hybridized carbons (Fsp3) is 0.182. The predicted molar refractivity (Wildman–Crippen MR) is 54.7 cm³/mol. The second-order valence-electron chi connectivity index (χ2n) is 3.40. The summed E-state index contributed by atoms with van der Waals surface area (Å²) in [5.41, 5.74) is 2.13. The Morgan fingerprint density at radius 1 is 1.43 bits per heavy atom. The van der Waals surface area contributed by atoms with Crippen LogP contribution in [0.1, 0.15) is 23.0 Å². The summed E-state index contributed by atoms with van der Waals surface area (Å²) < 4.78 is 0. The zero-order chi connectivity index (χ0) is 10.3. The number of aromatic amines is 1. The molecule has 0 aliphatic heterocycles. The van der Waals surface area contributed by atoms with Gasteiger partial charge in [-0.15, -0.1) is 0 Å². The number of hydrogen-bond acceptors (Lipinski definition) is 2. The number of aryl methyl sites for hydroxylation is 1. The molecule has 2 rings (SSSR count). The van der Waals surface area contributed by atoms with E-state index in [1.165, 1.54) is 6.92 Å². The number of fused-ring (bicyclic) bond motifs is 1. The van der Waals surface area contributed by atoms with Gasteiger partial charge in [0.25, 0.3) is 0 Å². The summed E-state index contributed by atoms with van der Waals surface area (Å²) >= 11 is 0. The molecule has 2 N–H and O–H groups in total. The van der Waals surface area contributed by atoms with Gasteiger partial charge < -0.3 is 10.1 Å². The van der Waals surface area contributed by atoms with Gasteiger partial charge in [-0.1, -0.05) is 12.1 Å². The molecule has 1 aromatic carbocycles. The van der Waals surface area contributed by atoms with Crippen LogP contribution in [-0.4, -0.2) is 15.9 Å². The van der Waals surface area contributed by atoms with Crippen molar-refractivity contribution in [3.63, 3.8) is 0 Å². The minimum atomic E-state index is -0.155. The molecule has 14 heavy (non-hydrogen) atoms. The molecule has 0 unspecified atom stereocenters. The molecular formula is C11H11NO2. The van der Waals surface area contributed by atoms with Crippen LogP contribution in [0.4, 0.5) is 0 Å². The lowest BCUT2D eigenvalue weighted by Crippen LogP contribution is -1.91. The molecule has 0 saturated heterocycles. The van der Waals surface area contributed by atoms with Gasteiger partial charge in [-0.05, 0) is 18.6 Å². The first kappa shape index (κ1) is 8.81. The number of carbonyl (C=O) groups excluding carboxylic acids is 1. The Morgan fingerprint density at radius 2 is 2.14 bits per heavy atom. The lowest BCUT2D eigenvalue weighted by molar-refractivity contribution is 0.101. The smallest absolute Gasteiger partial charge is 0.179 e. The van der Waals surface area contributed by atoms with Crippen LogP contribution in [0.15, 0.2) is 18.2 Å². The number of para-hydroxylation sites is 1. The van der Waals surface area contributed by atoms with Gasteiger partial charge in [-0.3, -0.25) is 4.79 Å². The van der Waals surface area contributed by atoms with Gasteiger partial charge in [-0.25, -0.2) is 0 Å². The summed E-state index contributed by atoms with van der Waals surface area (Å²) in [6.45, 7) is 3.36. The van der Waals surface area contributed by atoms with Crippen molar-refractivity contribution in [2.45, 2.75) is 13.8 Å². The lowest BCUT2D eigenvalue weighted by atomic mass is 10.1. The molecule has 0 aliphatic carbocycles. The highest BCUT2D eigenvalue weighted by molar-refractivity contribution is 6.03. The Bertz CT molecular complexity index is 511. The van der Waals surface area contributed by atoms with Crippen LogP contribution >= 0.6 is 0 Å². The van der Waals surface area contributed by atoms with Crippen molar-refractivity contribution in [3.05, 3.63) is 29.5 Å². The van der Waals surface area contributed by atoms with Crippen LogP contribution in [0.5, 0.6) is 5.75 Å². The van der Waals surface area contributed by atoms with Crippen LogP contribution in [-0.2, 0) is 0 Å². The standard InChI is InChI=1S/C11H11NO2/c1-6-4-3-5-8-9(6)12-10(7(2)13)11(8)14/h3-5,12,14H,1-2H3. The van der Waals surface area contributed by atoms with Gasteiger partial charge in [0.05, 0.1) is 5.52 Å². The van der Waals surface area contributed by atoms with E-state index in [0.717, 1.165) is 11.1 Å². The van der Waals surface area contributed by atoms with Crippen molar-refractivity contribution in [2.24, 2.45) is 0 Å². The van der Waals surface area contributed by atoms with E-state index in [0.29, 0.717) is 5.39 Å². The average molecular weight is 189 g/mol. The number of carbonyl (C=O) groups is 1. The number of benzene rings is 1. The SMILES string of the molecule is CC(=O)c1[nH]c2c(C)cccc2c1O. The maximum Gasteiger partial charge on any atom is 0.179 e. The summed E-state index contributed by atoms with van der Waals surface area (Å²) in [6.07, 6.45) is 0. The second-order valence-corrected chi connectivity index (χ2v) is 3.40. The van der Waals surface area contributed by atoms with Gasteiger partial charge in [0.2, 0.25) is 0 Å². The van der Waals surface area contributed by atoms with Crippen molar-refractivity contribution >= 4 is 16.7 Å². The third-order valence-corrected chi connectivity index (χ3v) is 2.37. The highest BCUT2D eigenvalue weighted by atomic mass is 16.3. The molecule has 0 atom stereocenters. The second kappa shape index (κ2) is 2.87. The maximum atomic E-state index is 11.2. The zero-order valence-electron chi connectivity index (χ0n) is 8.09. The van der Waals surface area contributed by atoms with Gasteiger partial charge in [0.15, 0.2) is 11.5 Å². The molecular weight excluding hydrogens is 178 g/mol. The third-order valence-electron chi connectivity index (χ3n) is 2.37. The number of H-pyrrole nitrogens is 1. The molecule has 0 radical (unpaired) electrons. The Balaban J connectivity index is 2.86. The highest BCUT2D eigenvalue weighted by Crippen LogP contribution is 2.30.